The van der Waals surface area contributed by atoms with Crippen LogP contribution in [0.25, 0.3) is 12.2 Å². The van der Waals surface area contributed by atoms with Gasteiger partial charge in [-0.1, -0.05) is 18.2 Å². The number of ether oxygens (including phenoxy) is 8. The van der Waals surface area contributed by atoms with Crippen molar-refractivity contribution in [1.29, 1.82) is 0 Å². The first-order valence-corrected chi connectivity index (χ1v) is 19.4. The van der Waals surface area contributed by atoms with Crippen molar-refractivity contribution in [3.63, 3.8) is 0 Å². The first-order chi connectivity index (χ1) is 30.0. The van der Waals surface area contributed by atoms with E-state index in [4.69, 9.17) is 37.9 Å². The number of hydrogen-bond acceptors (Lipinski definition) is 22. The summed E-state index contributed by atoms with van der Waals surface area (Å²) in [4.78, 5) is 12.7. The Kier molecular flexibility index (Phi) is 13.9. The Labute approximate surface area is 356 Å². The summed E-state index contributed by atoms with van der Waals surface area (Å²) in [5.74, 6) is -3.14. The quantitative estimate of drug-likeness (QED) is 0.0517. The molecule has 3 saturated heterocycles. The topological polar surface area (TPSA) is 354 Å². The molecule has 7 rings (SSSR count). The highest BCUT2D eigenvalue weighted by Crippen LogP contribution is 2.47. The summed E-state index contributed by atoms with van der Waals surface area (Å²) in [6.45, 7) is -2.00. The Hall–Kier alpha value is -5.31. The fourth-order valence-electron chi connectivity index (χ4n) is 7.08. The molecule has 3 aromatic rings. The van der Waals surface area contributed by atoms with Gasteiger partial charge in [-0.25, -0.2) is 4.79 Å². The molecule has 3 fully saturated rings. The molecule has 22 nitrogen and oxygen atoms in total. The van der Waals surface area contributed by atoms with Crippen LogP contribution < -0.4 is 9.47 Å². The Morgan fingerprint density at radius 1 is 0.698 bits per heavy atom. The normalized spacial score (nSPS) is 34.4. The summed E-state index contributed by atoms with van der Waals surface area (Å²) in [5, 5.41) is 136. The molecule has 22 heteroatoms. The maximum atomic E-state index is 12.7. The number of aliphatic hydroxyl groups excluding tert-OH is 9. The Bertz CT molecular complexity index is 2130. The fourth-order valence-corrected chi connectivity index (χ4v) is 7.08. The minimum absolute atomic E-state index is 0.00236. The first kappa shape index (κ1) is 45.7. The number of phenolic OH excluding ortho intramolecular Hbond substituents is 4. The van der Waals surface area contributed by atoms with Crippen LogP contribution in [0.2, 0.25) is 0 Å². The van der Waals surface area contributed by atoms with Gasteiger partial charge >= 0.3 is 5.97 Å². The lowest BCUT2D eigenvalue weighted by molar-refractivity contribution is -0.352. The lowest BCUT2D eigenvalue weighted by atomic mass is 9.97. The van der Waals surface area contributed by atoms with Crippen LogP contribution in [0.15, 0.2) is 66.4 Å². The molecule has 0 saturated carbocycles. The van der Waals surface area contributed by atoms with E-state index < -0.39 is 135 Å². The molecule has 4 aliphatic heterocycles. The zero-order chi connectivity index (χ0) is 45.3. The van der Waals surface area contributed by atoms with Crippen LogP contribution in [0.1, 0.15) is 22.8 Å². The molecular formula is C41H46O22. The molecule has 0 aromatic heterocycles. The van der Waals surface area contributed by atoms with Crippen molar-refractivity contribution in [3.05, 3.63) is 83.1 Å². The SMILES string of the molecule is O=C(/C=C\c1ccc(O)cc1)OC[C@H]1O[C@@H](OC2=Cc3c(cc(O)cc3O[C@@H]3O[C@H](CO)[C@@H](O)[C@H](O)[C@H]3O)OC2c2ccc(O)c(O)c2)[C@H](O[C@@H]2OC[C@@H](O)[C@H](O)[C@H]2O)[C@@H](O)[C@@H]1O. The average Bonchev–Trinajstić information content (AvgIpc) is 3.26. The number of aliphatic hydroxyl groups is 9. The van der Waals surface area contributed by atoms with Crippen molar-refractivity contribution in [2.45, 2.75) is 92.1 Å². The van der Waals surface area contributed by atoms with Crippen LogP contribution in [0.5, 0.6) is 34.5 Å². The van der Waals surface area contributed by atoms with Crippen LogP contribution in [0.4, 0.5) is 0 Å². The Morgan fingerprint density at radius 3 is 2.11 bits per heavy atom. The molecule has 342 valence electrons. The summed E-state index contributed by atoms with van der Waals surface area (Å²) in [7, 11) is 0. The van der Waals surface area contributed by atoms with Gasteiger partial charge in [-0.15, -0.1) is 0 Å². The second kappa shape index (κ2) is 19.2. The lowest BCUT2D eigenvalue weighted by Gasteiger charge is -2.45. The van der Waals surface area contributed by atoms with E-state index in [0.717, 1.165) is 30.3 Å². The number of hydrogen-bond donors (Lipinski definition) is 13. The van der Waals surface area contributed by atoms with Gasteiger partial charge in [-0.2, -0.15) is 0 Å². The summed E-state index contributed by atoms with van der Waals surface area (Å²) in [5.41, 5.74) is 0.595. The van der Waals surface area contributed by atoms with Crippen molar-refractivity contribution in [2.24, 2.45) is 0 Å². The molecule has 4 heterocycles. The van der Waals surface area contributed by atoms with E-state index in [2.05, 4.69) is 0 Å². The van der Waals surface area contributed by atoms with E-state index in [9.17, 15) is 71.2 Å². The van der Waals surface area contributed by atoms with Crippen LogP contribution in [-0.4, -0.2) is 178 Å². The number of carbonyl (C=O) groups excluding carboxylic acids is 1. The third-order valence-electron chi connectivity index (χ3n) is 10.6. The third-order valence-corrected chi connectivity index (χ3v) is 10.6. The standard InChI is InChI=1S/C41H46O22/c42-13-27-31(50)33(52)36(55)40(61-27)59-25-11-19(44)10-24-20(25)12-26(37(58-24)17-4-7-21(45)22(46)9-17)60-41-38(63-39-35(54)30(49)23(47)14-57-39)34(53)32(51)28(62-41)15-56-29(48)8-3-16-1-5-18(43)6-2-16/h1-12,23,27-28,30-47,49-55H,13-15H2/b8-3-/t23-,27-,28-,30+,31-,32-,33+,34+,35-,36-,37?,38-,39+,40-,41-/m1/s1. The number of rotatable bonds is 12. The molecule has 63 heavy (non-hydrogen) atoms. The maximum absolute atomic E-state index is 12.7. The van der Waals surface area contributed by atoms with Crippen molar-refractivity contribution < 1.29 is 109 Å². The molecule has 0 aliphatic carbocycles. The van der Waals surface area contributed by atoms with E-state index in [1.807, 2.05) is 0 Å². The second-order valence-electron chi connectivity index (χ2n) is 15.0. The predicted molar refractivity (Wildman–Crippen MR) is 206 cm³/mol. The van der Waals surface area contributed by atoms with E-state index in [-0.39, 0.29) is 34.1 Å². The molecule has 4 aliphatic rings. The van der Waals surface area contributed by atoms with Gasteiger partial charge in [-0.3, -0.25) is 0 Å². The van der Waals surface area contributed by atoms with E-state index in [1.54, 1.807) is 0 Å². The molecular weight excluding hydrogens is 844 g/mol. The molecule has 15 atom stereocenters. The molecule has 1 unspecified atom stereocenters. The third kappa shape index (κ3) is 9.93. The van der Waals surface area contributed by atoms with Crippen molar-refractivity contribution in [3.8, 4) is 34.5 Å². The van der Waals surface area contributed by atoms with Crippen molar-refractivity contribution in [1.82, 2.24) is 0 Å². The number of esters is 1. The highest BCUT2D eigenvalue weighted by molar-refractivity contribution is 5.87. The highest BCUT2D eigenvalue weighted by Gasteiger charge is 2.51. The molecule has 0 bridgehead atoms. The monoisotopic (exact) mass is 890 g/mol. The van der Waals surface area contributed by atoms with Gasteiger partial charge in [0.2, 0.25) is 12.6 Å². The van der Waals surface area contributed by atoms with Gasteiger partial charge in [0, 0.05) is 23.8 Å². The van der Waals surface area contributed by atoms with Crippen molar-refractivity contribution in [2.75, 3.05) is 19.8 Å². The summed E-state index contributed by atoms with van der Waals surface area (Å²) < 4.78 is 46.6. The number of carbonyl (C=O) groups is 1. The predicted octanol–water partition coefficient (Wildman–Crippen LogP) is -2.29. The summed E-state index contributed by atoms with van der Waals surface area (Å²) in [6, 6.07) is 11.6. The smallest absolute Gasteiger partial charge is 0.330 e. The minimum atomic E-state index is -1.99. The van der Waals surface area contributed by atoms with Crippen LogP contribution in [0, 0.1) is 0 Å². The zero-order valence-electron chi connectivity index (χ0n) is 32.7. The van der Waals surface area contributed by atoms with Crippen LogP contribution in [-0.2, 0) is 33.2 Å². The lowest BCUT2D eigenvalue weighted by Crippen LogP contribution is -2.63. The van der Waals surface area contributed by atoms with Crippen molar-refractivity contribution >= 4 is 18.1 Å². The van der Waals surface area contributed by atoms with Gasteiger partial charge in [0.15, 0.2) is 30.0 Å². The minimum Gasteiger partial charge on any atom is -0.508 e. The first-order valence-electron chi connectivity index (χ1n) is 19.4. The number of fused-ring (bicyclic) bond motifs is 1. The fraction of sp³-hybridized carbons (Fsp3) is 0.439. The highest BCUT2D eigenvalue weighted by atomic mass is 16.8. The molecule has 13 N–H and O–H groups in total. The zero-order valence-corrected chi connectivity index (χ0v) is 32.7. The van der Waals surface area contributed by atoms with Gasteiger partial charge in [0.05, 0.1) is 18.8 Å². The van der Waals surface area contributed by atoms with Crippen LogP contribution >= 0.6 is 0 Å². The molecule has 3 aromatic carbocycles. The van der Waals surface area contributed by atoms with E-state index >= 15 is 0 Å². The Balaban J connectivity index is 1.23. The largest absolute Gasteiger partial charge is 0.508 e. The molecule has 0 amide bonds. The van der Waals surface area contributed by atoms with Gasteiger partial charge in [0.25, 0.3) is 0 Å². The molecule has 0 spiro atoms. The van der Waals surface area contributed by atoms with Crippen LogP contribution in [0.3, 0.4) is 0 Å². The van der Waals surface area contributed by atoms with Gasteiger partial charge in [0.1, 0.15) is 96.4 Å². The molecule has 0 radical (unpaired) electrons. The Morgan fingerprint density at radius 2 is 1.40 bits per heavy atom. The van der Waals surface area contributed by atoms with E-state index in [1.165, 1.54) is 42.5 Å². The summed E-state index contributed by atoms with van der Waals surface area (Å²) >= 11 is 0. The summed E-state index contributed by atoms with van der Waals surface area (Å²) in [6.07, 6.45) is -22.4. The van der Waals surface area contributed by atoms with E-state index in [0.29, 0.717) is 5.56 Å². The maximum Gasteiger partial charge on any atom is 0.330 e. The van der Waals surface area contributed by atoms with Gasteiger partial charge < -0.3 is 104 Å². The number of aromatic hydroxyl groups is 4. The number of benzene rings is 3. The average molecular weight is 891 g/mol. The van der Waals surface area contributed by atoms with Gasteiger partial charge in [-0.05, 0) is 42.0 Å². The number of phenols is 4. The second-order valence-corrected chi connectivity index (χ2v) is 15.0.